The molecule has 0 atom stereocenters. The summed E-state index contributed by atoms with van der Waals surface area (Å²) < 4.78 is 12.8. The Morgan fingerprint density at radius 1 is 1.70 bits per heavy atom. The van der Waals surface area contributed by atoms with Gasteiger partial charge in [0.2, 0.25) is 0 Å². The fourth-order valence-corrected chi connectivity index (χ4v) is 0.692. The van der Waals surface area contributed by atoms with Gasteiger partial charge in [0, 0.05) is 12.3 Å². The van der Waals surface area contributed by atoms with E-state index >= 15 is 0 Å². The van der Waals surface area contributed by atoms with E-state index in [-0.39, 0.29) is 10.2 Å². The topological polar surface area (TPSA) is 36.7 Å². The van der Waals surface area contributed by atoms with Gasteiger partial charge >= 0.3 is 0 Å². The first-order valence-corrected chi connectivity index (χ1v) is 3.24. The van der Waals surface area contributed by atoms with Gasteiger partial charge < -0.3 is 0 Å². The van der Waals surface area contributed by atoms with Crippen LogP contribution in [0.15, 0.2) is 16.7 Å². The third-order valence-corrected chi connectivity index (χ3v) is 1.51. The Morgan fingerprint density at radius 3 is 2.90 bits per heavy atom. The molecule has 0 amide bonds. The van der Waals surface area contributed by atoms with E-state index in [1.165, 1.54) is 6.20 Å². The second-order valence-corrected chi connectivity index (χ2v) is 2.45. The van der Waals surface area contributed by atoms with Crippen molar-refractivity contribution in [2.24, 2.45) is 0 Å². The Balaban J connectivity index is 3.20. The minimum absolute atomic E-state index is 0.0840. The molecule has 1 heterocycles. The van der Waals surface area contributed by atoms with Gasteiger partial charge in [-0.3, -0.25) is 0 Å². The highest BCUT2D eigenvalue weighted by molar-refractivity contribution is 9.10. The zero-order chi connectivity index (χ0) is 7.56. The van der Waals surface area contributed by atoms with Gasteiger partial charge in [0.05, 0.1) is 4.47 Å². The zero-order valence-corrected chi connectivity index (χ0v) is 6.39. The molecular weight excluding hydrogens is 199 g/mol. The number of nitriles is 1. The van der Waals surface area contributed by atoms with Crippen LogP contribution in [0.4, 0.5) is 4.39 Å². The van der Waals surface area contributed by atoms with E-state index < -0.39 is 5.82 Å². The first kappa shape index (κ1) is 7.16. The van der Waals surface area contributed by atoms with Crippen LogP contribution >= 0.6 is 15.9 Å². The molecule has 4 heteroatoms. The smallest absolute Gasteiger partial charge is 0.143 e. The standard InChI is InChI=1S/C6H2BrFN2/c7-5-3-10-4(2-9)1-6(5)8/h1,3H. The molecule has 0 radical (unpaired) electrons. The molecular formula is C6H2BrFN2. The first-order valence-electron chi connectivity index (χ1n) is 2.45. The highest BCUT2D eigenvalue weighted by atomic mass is 79.9. The number of hydrogen-bond donors (Lipinski definition) is 0. The van der Waals surface area contributed by atoms with Gasteiger partial charge in [0.15, 0.2) is 0 Å². The van der Waals surface area contributed by atoms with Crippen LogP contribution in [0.25, 0.3) is 0 Å². The quantitative estimate of drug-likeness (QED) is 0.642. The van der Waals surface area contributed by atoms with Gasteiger partial charge in [0.1, 0.15) is 17.6 Å². The molecule has 0 saturated carbocycles. The highest BCUT2D eigenvalue weighted by Gasteiger charge is 1.99. The van der Waals surface area contributed by atoms with E-state index in [1.807, 2.05) is 0 Å². The molecule has 50 valence electrons. The van der Waals surface area contributed by atoms with Gasteiger partial charge in [-0.1, -0.05) is 0 Å². The maximum Gasteiger partial charge on any atom is 0.143 e. The van der Waals surface area contributed by atoms with Crippen LogP contribution < -0.4 is 0 Å². The highest BCUT2D eigenvalue weighted by Crippen LogP contribution is 2.13. The lowest BCUT2D eigenvalue weighted by Gasteiger charge is -1.90. The van der Waals surface area contributed by atoms with Gasteiger partial charge in [-0.25, -0.2) is 9.37 Å². The minimum Gasteiger partial charge on any atom is -0.244 e. The summed E-state index contributed by atoms with van der Waals surface area (Å²) in [5.74, 6) is -0.466. The third-order valence-electron chi connectivity index (χ3n) is 0.923. The van der Waals surface area contributed by atoms with Crippen molar-refractivity contribution in [3.8, 4) is 6.07 Å². The number of aromatic nitrogens is 1. The molecule has 0 saturated heterocycles. The number of rotatable bonds is 0. The Bertz CT molecular complexity index is 292. The summed E-state index contributed by atoms with van der Waals surface area (Å²) in [7, 11) is 0. The lowest BCUT2D eigenvalue weighted by atomic mass is 10.4. The number of hydrogen-bond acceptors (Lipinski definition) is 2. The summed E-state index contributed by atoms with van der Waals surface area (Å²) in [6.07, 6.45) is 1.26. The predicted molar refractivity (Wildman–Crippen MR) is 36.6 cm³/mol. The summed E-state index contributed by atoms with van der Waals surface area (Å²) in [5, 5.41) is 8.26. The molecule has 1 aromatic rings. The lowest BCUT2D eigenvalue weighted by molar-refractivity contribution is 0.618. The predicted octanol–water partition coefficient (Wildman–Crippen LogP) is 1.85. The Hall–Kier alpha value is -0.950. The Morgan fingerprint density at radius 2 is 2.40 bits per heavy atom. The Kier molecular flexibility index (Phi) is 1.97. The largest absolute Gasteiger partial charge is 0.244 e. The molecule has 0 aliphatic rings. The molecule has 10 heavy (non-hydrogen) atoms. The molecule has 0 spiro atoms. The first-order chi connectivity index (χ1) is 4.74. The number of nitrogens with zero attached hydrogens (tertiary/aromatic N) is 2. The summed E-state index contributed by atoms with van der Waals surface area (Å²) in [6, 6.07) is 2.80. The molecule has 1 aromatic heterocycles. The SMILES string of the molecule is N#Cc1cc(F)c(Br)cn1. The summed E-state index contributed by atoms with van der Waals surface area (Å²) in [4.78, 5) is 3.61. The monoisotopic (exact) mass is 200 g/mol. The van der Waals surface area contributed by atoms with Crippen LogP contribution in [0.3, 0.4) is 0 Å². The van der Waals surface area contributed by atoms with E-state index in [0.717, 1.165) is 6.07 Å². The third kappa shape index (κ3) is 1.31. The maximum absolute atomic E-state index is 12.5. The maximum atomic E-state index is 12.5. The van der Waals surface area contributed by atoms with Crippen molar-refractivity contribution in [3.63, 3.8) is 0 Å². The summed E-state index contributed by atoms with van der Waals surface area (Å²) >= 11 is 2.91. The zero-order valence-electron chi connectivity index (χ0n) is 4.81. The second kappa shape index (κ2) is 2.76. The van der Waals surface area contributed by atoms with E-state index in [2.05, 4.69) is 20.9 Å². The molecule has 0 aromatic carbocycles. The number of halogens is 2. The molecule has 2 nitrogen and oxygen atoms in total. The summed E-state index contributed by atoms with van der Waals surface area (Å²) in [6.45, 7) is 0. The normalized spacial score (nSPS) is 8.90. The van der Waals surface area contributed by atoms with E-state index in [0.29, 0.717) is 0 Å². The number of pyridine rings is 1. The molecule has 0 fully saturated rings. The van der Waals surface area contributed by atoms with Crippen molar-refractivity contribution in [1.82, 2.24) is 4.98 Å². The van der Waals surface area contributed by atoms with Crippen molar-refractivity contribution >= 4 is 15.9 Å². The van der Waals surface area contributed by atoms with E-state index in [4.69, 9.17) is 5.26 Å². The Labute approximate surface area is 65.4 Å². The van der Waals surface area contributed by atoms with Crippen LogP contribution in [0.5, 0.6) is 0 Å². The molecule has 0 unspecified atom stereocenters. The van der Waals surface area contributed by atoms with Gasteiger partial charge in [-0.05, 0) is 15.9 Å². The van der Waals surface area contributed by atoms with Crippen molar-refractivity contribution in [1.29, 1.82) is 5.26 Å². The van der Waals surface area contributed by atoms with Crippen molar-refractivity contribution in [2.45, 2.75) is 0 Å². The van der Waals surface area contributed by atoms with Crippen LogP contribution in [-0.4, -0.2) is 4.98 Å². The van der Waals surface area contributed by atoms with Crippen LogP contribution in [0, 0.1) is 17.1 Å². The van der Waals surface area contributed by atoms with Crippen LogP contribution in [0.2, 0.25) is 0 Å². The van der Waals surface area contributed by atoms with Crippen LogP contribution in [0.1, 0.15) is 5.69 Å². The molecule has 0 aliphatic carbocycles. The average Bonchev–Trinajstić information content (AvgIpc) is 1.95. The second-order valence-electron chi connectivity index (χ2n) is 1.60. The fraction of sp³-hybridized carbons (Fsp3) is 0. The minimum atomic E-state index is -0.466. The fourth-order valence-electron chi connectivity index (χ4n) is 0.475. The van der Waals surface area contributed by atoms with Gasteiger partial charge in [0.25, 0.3) is 0 Å². The molecule has 1 rings (SSSR count). The van der Waals surface area contributed by atoms with Crippen LogP contribution in [-0.2, 0) is 0 Å². The van der Waals surface area contributed by atoms with Crippen molar-refractivity contribution < 1.29 is 4.39 Å². The van der Waals surface area contributed by atoms with E-state index in [1.54, 1.807) is 6.07 Å². The van der Waals surface area contributed by atoms with E-state index in [9.17, 15) is 4.39 Å². The molecule has 0 bridgehead atoms. The van der Waals surface area contributed by atoms with Crippen molar-refractivity contribution in [2.75, 3.05) is 0 Å². The molecule has 0 aliphatic heterocycles. The van der Waals surface area contributed by atoms with Gasteiger partial charge in [-0.2, -0.15) is 5.26 Å². The van der Waals surface area contributed by atoms with Crippen molar-refractivity contribution in [3.05, 3.63) is 28.2 Å². The lowest BCUT2D eigenvalue weighted by Crippen LogP contribution is -1.84. The molecule has 0 N–H and O–H groups in total. The average molecular weight is 201 g/mol. The van der Waals surface area contributed by atoms with Gasteiger partial charge in [-0.15, -0.1) is 0 Å². The summed E-state index contributed by atoms with van der Waals surface area (Å²) in [5.41, 5.74) is 0.0840.